The summed E-state index contributed by atoms with van der Waals surface area (Å²) in [7, 11) is 0. The summed E-state index contributed by atoms with van der Waals surface area (Å²) in [6.45, 7) is 6.57. The Morgan fingerprint density at radius 2 is 1.25 bits per heavy atom. The minimum Gasteiger partial charge on any atom is -0.489 e. The predicted molar refractivity (Wildman–Crippen MR) is 264 cm³/mol. The normalized spacial score (nSPS) is 20.7. The number of carbonyl (C=O) groups excluding carboxylic acids is 1. The molecule has 0 bridgehead atoms. The molecule has 0 aromatic heterocycles. The molecule has 5 aliphatic rings. The average Bonchev–Trinajstić information content (AvgIpc) is 3.89. The quantitative estimate of drug-likeness (QED) is 0.0869. The van der Waals surface area contributed by atoms with Crippen LogP contribution in [0.3, 0.4) is 0 Å². The highest BCUT2D eigenvalue weighted by atomic mass is 127. The van der Waals surface area contributed by atoms with E-state index < -0.39 is 24.1 Å². The van der Waals surface area contributed by atoms with Gasteiger partial charge in [-0.05, 0) is 178 Å². The maximum absolute atomic E-state index is 13.3. The van der Waals surface area contributed by atoms with Crippen molar-refractivity contribution in [3.05, 3.63) is 123 Å². The van der Waals surface area contributed by atoms with Gasteiger partial charge >= 0.3 is 11.9 Å². The molecule has 0 unspecified atom stereocenters. The summed E-state index contributed by atoms with van der Waals surface area (Å²) in [5.41, 5.74) is 2.47. The van der Waals surface area contributed by atoms with Crippen LogP contribution in [0.4, 0.5) is 24.5 Å². The van der Waals surface area contributed by atoms with E-state index in [1.165, 1.54) is 36.4 Å². The van der Waals surface area contributed by atoms with Crippen molar-refractivity contribution in [3.63, 3.8) is 0 Å². The standard InChI is InChI=1S/C27H33ClFN3O3.C11H12FNO2.C6H4FI.C5H9NO2.ClH/c28-23-15-18(3-10-25(23)35-22-8-9-22)26(33)24(17-31-12-1-2-13-31)30-27(34)19-11-14-32(16-19)21-6-4-20(29)5-7-21;12-9-1-3-10(4-2-9)13-6-5-8(7-13)11(14)15;7-5-1-3-6(8)4-2-5;7-5(8)4-1-2-6-3-4;/h3-7,10,15,19,22,24,26,33H,1-2,8-9,11-14,16-17H2,(H,30,34);1-4,8H,5-7H2,(H,14,15);1-4H;4,6H,1-3H2,(H,7,8);1H/t19-,24-,26-;8-;;4-;/m11.1./s1. The lowest BCUT2D eigenvalue weighted by molar-refractivity contribution is -0.141. The van der Waals surface area contributed by atoms with Gasteiger partial charge in [-0.15, -0.1) is 12.4 Å². The van der Waals surface area contributed by atoms with E-state index in [4.69, 9.17) is 26.6 Å². The molecule has 4 aromatic rings. The van der Waals surface area contributed by atoms with Crippen LogP contribution in [-0.4, -0.2) is 109 Å². The molecule has 1 amide bonds. The molecule has 5 N–H and O–H groups in total. The van der Waals surface area contributed by atoms with Crippen molar-refractivity contribution in [2.45, 2.75) is 63.2 Å². The number of hydrogen-bond acceptors (Lipinski definition) is 9. The Bertz CT molecular complexity index is 2160. The second-order valence-electron chi connectivity index (χ2n) is 17.2. The van der Waals surface area contributed by atoms with Crippen molar-refractivity contribution in [2.24, 2.45) is 17.8 Å². The number of carboxylic acids is 2. The van der Waals surface area contributed by atoms with Gasteiger partial charge in [0.1, 0.15) is 29.3 Å². The number of nitrogens with one attached hydrogen (secondary N) is 2. The fourth-order valence-electron chi connectivity index (χ4n) is 8.17. The Hall–Kier alpha value is -4.33. The summed E-state index contributed by atoms with van der Waals surface area (Å²) >= 11 is 8.58. The van der Waals surface area contributed by atoms with E-state index in [-0.39, 0.29) is 59.6 Å². The van der Waals surface area contributed by atoms with Crippen LogP contribution in [0.5, 0.6) is 5.75 Å². The Kier molecular flexibility index (Phi) is 21.2. The summed E-state index contributed by atoms with van der Waals surface area (Å²) in [6.07, 6.45) is 5.87. The first-order valence-electron chi connectivity index (χ1n) is 22.5. The van der Waals surface area contributed by atoms with Crippen LogP contribution in [0.2, 0.25) is 5.02 Å². The van der Waals surface area contributed by atoms with Gasteiger partial charge in [0.2, 0.25) is 5.91 Å². The lowest BCUT2D eigenvalue weighted by Gasteiger charge is -2.30. The molecular weight excluding hydrogens is 1030 g/mol. The van der Waals surface area contributed by atoms with E-state index in [1.54, 1.807) is 42.5 Å². The zero-order valence-corrected chi connectivity index (χ0v) is 40.8. The number of ether oxygens (including phenoxy) is 1. The largest absolute Gasteiger partial charge is 0.489 e. The summed E-state index contributed by atoms with van der Waals surface area (Å²) in [6, 6.07) is 23.8. The number of hydrogen-bond donors (Lipinski definition) is 5. The number of nitrogens with zero attached hydrogens (tertiary/aromatic N) is 3. The highest BCUT2D eigenvalue weighted by Crippen LogP contribution is 2.35. The monoisotopic (exact) mass is 1080 g/mol. The van der Waals surface area contributed by atoms with E-state index in [1.807, 2.05) is 17.0 Å². The highest BCUT2D eigenvalue weighted by Gasteiger charge is 2.34. The molecule has 0 radical (unpaired) electrons. The lowest BCUT2D eigenvalue weighted by Crippen LogP contribution is -2.48. The number of benzene rings is 4. The highest BCUT2D eigenvalue weighted by molar-refractivity contribution is 14.1. The maximum Gasteiger partial charge on any atom is 0.308 e. The zero-order valence-electron chi connectivity index (χ0n) is 37.1. The molecule has 0 spiro atoms. The molecule has 18 heteroatoms. The first-order valence-corrected chi connectivity index (χ1v) is 23.9. The van der Waals surface area contributed by atoms with Crippen LogP contribution in [0.1, 0.15) is 56.6 Å². The molecule has 1 aliphatic carbocycles. The van der Waals surface area contributed by atoms with Gasteiger partial charge in [-0.3, -0.25) is 14.4 Å². The van der Waals surface area contributed by atoms with Gasteiger partial charge in [0.25, 0.3) is 0 Å². The van der Waals surface area contributed by atoms with Crippen molar-refractivity contribution in [1.82, 2.24) is 15.5 Å². The van der Waals surface area contributed by atoms with E-state index in [0.29, 0.717) is 48.9 Å². The molecule has 12 nitrogen and oxygen atoms in total. The lowest BCUT2D eigenvalue weighted by atomic mass is 10.00. The van der Waals surface area contributed by atoms with Gasteiger partial charge in [-0.2, -0.15) is 0 Å². The van der Waals surface area contributed by atoms with Gasteiger partial charge in [-0.25, -0.2) is 13.2 Å². The van der Waals surface area contributed by atoms with Crippen molar-refractivity contribution in [1.29, 1.82) is 0 Å². The van der Waals surface area contributed by atoms with Crippen molar-refractivity contribution in [3.8, 4) is 5.75 Å². The summed E-state index contributed by atoms with van der Waals surface area (Å²) in [4.78, 5) is 40.5. The molecule has 364 valence electrons. The number of amides is 1. The Morgan fingerprint density at radius 3 is 1.70 bits per heavy atom. The van der Waals surface area contributed by atoms with E-state index >= 15 is 0 Å². The maximum atomic E-state index is 13.3. The third-order valence-corrected chi connectivity index (χ3v) is 13.2. The van der Waals surface area contributed by atoms with Gasteiger partial charge in [0, 0.05) is 54.2 Å². The van der Waals surface area contributed by atoms with Crippen molar-refractivity contribution in [2.75, 3.05) is 68.7 Å². The summed E-state index contributed by atoms with van der Waals surface area (Å²) in [5, 5.41) is 35.1. The minimum absolute atomic E-state index is 0. The Labute approximate surface area is 414 Å². The second-order valence-corrected chi connectivity index (χ2v) is 18.8. The van der Waals surface area contributed by atoms with Crippen LogP contribution in [0.25, 0.3) is 0 Å². The number of likely N-dealkylation sites (tertiary alicyclic amines) is 1. The van der Waals surface area contributed by atoms with Crippen LogP contribution < -0.4 is 25.2 Å². The average molecular weight is 1080 g/mol. The fourth-order valence-corrected chi connectivity index (χ4v) is 8.76. The molecule has 4 aliphatic heterocycles. The Balaban J connectivity index is 0.000000213. The zero-order chi connectivity index (χ0) is 47.2. The summed E-state index contributed by atoms with van der Waals surface area (Å²) < 4.78 is 44.9. The first kappa shape index (κ1) is 53.6. The SMILES string of the molecule is Cl.Fc1ccc(I)cc1.O=C(N[C@H](CN1CCCC1)[C@H](O)c1ccc(OC2CC2)c(Cl)c1)[C@@H]1CCN(c2ccc(F)cc2)C1.O=C(O)[C@@H]1CCN(c2ccc(F)cc2)C1.O=C(O)[C@@H]1CCNC1. The molecule has 4 aromatic carbocycles. The number of aliphatic carboxylic acids is 2. The van der Waals surface area contributed by atoms with Crippen molar-refractivity contribution >= 4 is 75.8 Å². The number of aliphatic hydroxyl groups is 1. The van der Waals surface area contributed by atoms with Crippen LogP contribution in [0.15, 0.2) is 91.0 Å². The topological polar surface area (TPSA) is 155 Å². The number of anilines is 2. The van der Waals surface area contributed by atoms with Crippen molar-refractivity contribution < 1.29 is 47.6 Å². The van der Waals surface area contributed by atoms with Crippen LogP contribution >= 0.6 is 46.6 Å². The molecule has 9 rings (SSSR count). The van der Waals surface area contributed by atoms with Crippen LogP contribution in [0, 0.1) is 38.8 Å². The third-order valence-electron chi connectivity index (χ3n) is 12.2. The molecular formula is C49H59Cl2F3IN5O7. The third kappa shape index (κ3) is 17.0. The fraction of sp³-hybridized carbons (Fsp3) is 0.449. The van der Waals surface area contributed by atoms with Gasteiger partial charge in [0.15, 0.2) is 0 Å². The van der Waals surface area contributed by atoms with E-state index in [9.17, 15) is 32.7 Å². The number of halogens is 6. The van der Waals surface area contributed by atoms with E-state index in [0.717, 1.165) is 86.2 Å². The number of carboxylic acid groups (broad SMARTS) is 2. The molecule has 5 fully saturated rings. The molecule has 67 heavy (non-hydrogen) atoms. The van der Waals surface area contributed by atoms with Gasteiger partial charge in [-0.1, -0.05) is 17.7 Å². The molecule has 5 atom stereocenters. The van der Waals surface area contributed by atoms with Crippen LogP contribution in [-0.2, 0) is 14.4 Å². The number of aliphatic hydroxyl groups excluding tert-OH is 1. The van der Waals surface area contributed by atoms with E-state index in [2.05, 4.69) is 43.0 Å². The molecule has 4 saturated heterocycles. The number of rotatable bonds is 12. The predicted octanol–water partition coefficient (Wildman–Crippen LogP) is 8.43. The Morgan fingerprint density at radius 1 is 0.731 bits per heavy atom. The summed E-state index contributed by atoms with van der Waals surface area (Å²) in [5.74, 6) is -2.17. The smallest absolute Gasteiger partial charge is 0.308 e. The second kappa shape index (κ2) is 26.4. The van der Waals surface area contributed by atoms with Gasteiger partial charge < -0.3 is 45.4 Å². The molecule has 4 heterocycles. The van der Waals surface area contributed by atoms with Gasteiger partial charge in [0.05, 0.1) is 34.9 Å². The minimum atomic E-state index is -0.887. The number of carbonyl (C=O) groups is 3. The molecule has 1 saturated carbocycles. The first-order chi connectivity index (χ1) is 31.7.